The Hall–Kier alpha value is 0. The van der Waals surface area contributed by atoms with Gasteiger partial charge in [-0.1, -0.05) is 192 Å². The van der Waals surface area contributed by atoms with Gasteiger partial charge < -0.3 is 0 Å². The topological polar surface area (TPSA) is 0 Å². The summed E-state index contributed by atoms with van der Waals surface area (Å²) in [7, 11) is 0. The molecule has 12 saturated carbocycles. The molecule has 0 amide bonds. The molecule has 12 aliphatic rings. The summed E-state index contributed by atoms with van der Waals surface area (Å²) in [5, 5.41) is 0. The van der Waals surface area contributed by atoms with E-state index in [1.165, 1.54) is 134 Å². The lowest BCUT2D eigenvalue weighted by molar-refractivity contribution is 0.0891. The Labute approximate surface area is 451 Å². The highest BCUT2D eigenvalue weighted by molar-refractivity contribution is 5.00. The van der Waals surface area contributed by atoms with E-state index in [-0.39, 0.29) is 0 Å². The molecule has 0 aromatic rings. The second-order valence-electron chi connectivity index (χ2n) is 32.9. The lowest BCUT2D eigenvalue weighted by atomic mass is 9.64. The van der Waals surface area contributed by atoms with Crippen molar-refractivity contribution in [2.75, 3.05) is 0 Å². The van der Waals surface area contributed by atoms with Crippen molar-refractivity contribution in [1.29, 1.82) is 0 Å². The van der Waals surface area contributed by atoms with Crippen molar-refractivity contribution in [3.8, 4) is 0 Å². The molecule has 0 nitrogen and oxygen atoms in total. The zero-order valence-electron chi connectivity index (χ0n) is 54.0. The molecule has 0 bridgehead atoms. The van der Waals surface area contributed by atoms with Crippen LogP contribution in [0.3, 0.4) is 0 Å². The minimum atomic E-state index is 0.681. The first-order valence-corrected chi connectivity index (χ1v) is 32.7. The molecular weight excluding hydrogens is 853 g/mol. The third-order valence-corrected chi connectivity index (χ3v) is 24.0. The molecule has 12 rings (SSSR count). The van der Waals surface area contributed by atoms with Gasteiger partial charge in [-0.3, -0.25) is 0 Å². The predicted molar refractivity (Wildman–Crippen MR) is 322 cm³/mol. The minimum absolute atomic E-state index is 0.681. The Morgan fingerprint density at radius 1 is 0.338 bits per heavy atom. The van der Waals surface area contributed by atoms with Gasteiger partial charge >= 0.3 is 0 Å². The van der Waals surface area contributed by atoms with Crippen molar-refractivity contribution in [3.63, 3.8) is 0 Å². The van der Waals surface area contributed by atoms with E-state index in [4.69, 9.17) is 0 Å². The van der Waals surface area contributed by atoms with Crippen LogP contribution < -0.4 is 0 Å². The van der Waals surface area contributed by atoms with Gasteiger partial charge in [0.2, 0.25) is 0 Å². The first kappa shape index (κ1) is 65.3. The molecule has 0 radical (unpaired) electrons. The maximum Gasteiger partial charge on any atom is -0.0297 e. The van der Waals surface area contributed by atoms with Crippen LogP contribution in [0.5, 0.6) is 0 Å². The standard InChI is InChI=1S/C8H16.2C7H12.7C7H14/c1-4-8-5-6(2)7(8)3;1-7(4-5-7)6-2-3-6;1-5-4-7(5)6-2-3-6;2*1-6-4-7(2,3)5-6;2*1-6-4-5-7(6,2)3;2*1-5-4-6(2)7(5)3;1-3-7-5-4-6(7)2/h6-8H,4-5H2,1-3H3;6H,2-5H2,1H3;5-7H,2-4H2,1H3;4*6H,4-5H2,1-3H3;2*5-7H,4H2,1-3H3;6-7H,3-5H2,1-2H3/t;;5-,7?;;;6-;;5-,6?,7?;;/m..0..0.0../s1. The Morgan fingerprint density at radius 2 is 0.690 bits per heavy atom. The molecular formula is C71H138. The monoisotopic (exact) mass is 991 g/mol. The smallest absolute Gasteiger partial charge is 0.0297 e. The molecule has 422 valence electrons. The third-order valence-electron chi connectivity index (χ3n) is 24.0. The molecule has 0 aromatic heterocycles. The fraction of sp³-hybridized carbons (Fsp3) is 1.00. The highest BCUT2D eigenvalue weighted by Crippen LogP contribution is 2.61. The van der Waals surface area contributed by atoms with E-state index < -0.39 is 0 Å². The third kappa shape index (κ3) is 22.5. The summed E-state index contributed by atoms with van der Waals surface area (Å²) >= 11 is 0. The summed E-state index contributed by atoms with van der Waals surface area (Å²) in [6.07, 6.45) is 32.5. The van der Waals surface area contributed by atoms with Crippen molar-refractivity contribution in [2.45, 2.75) is 314 Å². The van der Waals surface area contributed by atoms with Gasteiger partial charge in [0.1, 0.15) is 0 Å². The molecule has 0 saturated heterocycles. The van der Waals surface area contributed by atoms with Crippen molar-refractivity contribution >= 4 is 0 Å². The molecule has 0 aliphatic heterocycles. The summed E-state index contributed by atoms with van der Waals surface area (Å²) in [6, 6.07) is 0. The van der Waals surface area contributed by atoms with E-state index in [0.717, 1.165) is 106 Å². The molecule has 0 heteroatoms. The van der Waals surface area contributed by atoms with Crippen LogP contribution in [0, 0.1) is 140 Å². The Bertz CT molecular complexity index is 1340. The molecule has 14 atom stereocenters. The maximum absolute atomic E-state index is 2.44. The lowest BCUT2D eigenvalue weighted by Gasteiger charge is -2.42. The van der Waals surface area contributed by atoms with Crippen molar-refractivity contribution in [2.24, 2.45) is 140 Å². The number of hydrogen-bond donors (Lipinski definition) is 0. The van der Waals surface area contributed by atoms with Gasteiger partial charge in [0.15, 0.2) is 0 Å². The van der Waals surface area contributed by atoms with E-state index in [9.17, 15) is 0 Å². The molecule has 71 heavy (non-hydrogen) atoms. The summed E-state index contributed by atoms with van der Waals surface area (Å²) in [5.74, 6) is 19.9. The summed E-state index contributed by atoms with van der Waals surface area (Å²) in [4.78, 5) is 0. The van der Waals surface area contributed by atoms with Crippen LogP contribution in [-0.2, 0) is 0 Å². The maximum atomic E-state index is 2.44. The zero-order chi connectivity index (χ0) is 54.0. The summed E-state index contributed by atoms with van der Waals surface area (Å²) < 4.78 is 0. The molecule has 12 fully saturated rings. The SMILES string of the molecule is CC1(C2CC2)CC1.CC1CC(C)(C)C1.CC1CC(C)(C)C1.CC1CC(C)C1C.CC1CCC1(C)C.CC1C[C@H](C)C1C.CCC1CC(C)C1C.CCC1CCC1C.C[C@H]1CC1C1CC1.C[C@H]1CCC1(C)C. The lowest BCUT2D eigenvalue weighted by Crippen LogP contribution is -2.31. The minimum Gasteiger partial charge on any atom is -0.0651 e. The van der Waals surface area contributed by atoms with Gasteiger partial charge in [0, 0.05) is 0 Å². The van der Waals surface area contributed by atoms with Gasteiger partial charge in [-0.2, -0.15) is 0 Å². The van der Waals surface area contributed by atoms with Crippen LogP contribution in [-0.4, -0.2) is 0 Å². The highest BCUT2D eigenvalue weighted by atomic mass is 14.5. The predicted octanol–water partition coefficient (Wildman–Crippen LogP) is 23.7. The van der Waals surface area contributed by atoms with E-state index >= 15 is 0 Å². The average Bonchev–Trinajstić information content (AvgIpc) is 4.06. The molecule has 0 spiro atoms. The molecule has 0 aromatic carbocycles. The molecule has 12 aliphatic carbocycles. The number of hydrogen-bond acceptors (Lipinski definition) is 0. The Kier molecular flexibility index (Phi) is 25.8. The zero-order valence-corrected chi connectivity index (χ0v) is 54.0. The average molecular weight is 992 g/mol. The van der Waals surface area contributed by atoms with E-state index in [0.29, 0.717) is 21.7 Å². The first-order chi connectivity index (χ1) is 32.7. The van der Waals surface area contributed by atoms with Crippen LogP contribution in [0.15, 0.2) is 0 Å². The van der Waals surface area contributed by atoms with Gasteiger partial charge in [-0.15, -0.1) is 0 Å². The van der Waals surface area contributed by atoms with E-state index in [2.05, 4.69) is 173 Å². The van der Waals surface area contributed by atoms with Gasteiger partial charge in [0.05, 0.1) is 0 Å². The van der Waals surface area contributed by atoms with Crippen LogP contribution in [0.2, 0.25) is 0 Å². The Balaban J connectivity index is 0.000000209. The van der Waals surface area contributed by atoms with Crippen molar-refractivity contribution in [3.05, 3.63) is 0 Å². The van der Waals surface area contributed by atoms with Crippen LogP contribution >= 0.6 is 0 Å². The van der Waals surface area contributed by atoms with Crippen LogP contribution in [0.25, 0.3) is 0 Å². The first-order valence-electron chi connectivity index (χ1n) is 32.7. The quantitative estimate of drug-likeness (QED) is 0.263. The second kappa shape index (κ2) is 28.1. The van der Waals surface area contributed by atoms with Gasteiger partial charge in [-0.05, 0) is 262 Å². The summed E-state index contributed by atoms with van der Waals surface area (Å²) in [5.41, 5.74) is 3.61. The van der Waals surface area contributed by atoms with Gasteiger partial charge in [0.25, 0.3) is 0 Å². The van der Waals surface area contributed by atoms with Crippen molar-refractivity contribution < 1.29 is 0 Å². The van der Waals surface area contributed by atoms with Crippen LogP contribution in [0.4, 0.5) is 0 Å². The fourth-order valence-electron chi connectivity index (χ4n) is 14.4. The van der Waals surface area contributed by atoms with Gasteiger partial charge in [-0.25, -0.2) is 0 Å². The van der Waals surface area contributed by atoms with Crippen molar-refractivity contribution in [1.82, 2.24) is 0 Å². The number of rotatable bonds is 4. The summed E-state index contributed by atoms with van der Waals surface area (Å²) in [6.45, 7) is 58.6. The molecule has 0 N–H and O–H groups in total. The normalized spacial score (nSPS) is 40.8. The van der Waals surface area contributed by atoms with E-state index in [1.54, 1.807) is 19.3 Å². The second-order valence-corrected chi connectivity index (χ2v) is 32.9. The highest BCUT2D eigenvalue weighted by Gasteiger charge is 2.49. The fourth-order valence-corrected chi connectivity index (χ4v) is 14.4. The molecule has 11 unspecified atom stereocenters. The Morgan fingerprint density at radius 3 is 0.732 bits per heavy atom. The van der Waals surface area contributed by atoms with E-state index in [1.807, 2.05) is 0 Å². The molecule has 0 heterocycles. The van der Waals surface area contributed by atoms with Crippen LogP contribution in [0.1, 0.15) is 314 Å². The largest absolute Gasteiger partial charge is 0.0651 e.